The molecule has 5 nitrogen and oxygen atoms in total. The van der Waals surface area contributed by atoms with E-state index in [0.717, 1.165) is 11.1 Å². The zero-order valence-electron chi connectivity index (χ0n) is 13.3. The minimum absolute atomic E-state index is 0. The summed E-state index contributed by atoms with van der Waals surface area (Å²) in [4.78, 5) is 4.16. The van der Waals surface area contributed by atoms with Crippen molar-refractivity contribution in [3.8, 4) is 5.75 Å². The third-order valence-electron chi connectivity index (χ3n) is 2.91. The highest BCUT2D eigenvalue weighted by Crippen LogP contribution is 2.29. The summed E-state index contributed by atoms with van der Waals surface area (Å²) in [7, 11) is 1.70. The summed E-state index contributed by atoms with van der Waals surface area (Å²) in [5.74, 6) is 1.06. The maximum Gasteiger partial charge on any atom is 0.191 e. The Kier molecular flexibility index (Phi) is 6.86. The maximum absolute atomic E-state index is 13.6. The van der Waals surface area contributed by atoms with Crippen molar-refractivity contribution in [1.82, 2.24) is 10.6 Å². The number of aliphatic imine (C=N–C) groups is 1. The van der Waals surface area contributed by atoms with Gasteiger partial charge >= 0.3 is 0 Å². The summed E-state index contributed by atoms with van der Waals surface area (Å²) in [6.45, 7) is 7.13. The Hall–Kier alpha value is -1.09. The lowest BCUT2D eigenvalue weighted by Gasteiger charge is -2.25. The SMILES string of the molecule is CN=C(NCc1cc(F)cc2c1OCOC2)NC(C)(C)C.I. The fourth-order valence-corrected chi connectivity index (χ4v) is 2.10. The zero-order chi connectivity index (χ0) is 15.5. The number of hydrogen-bond acceptors (Lipinski definition) is 3. The number of rotatable bonds is 2. The van der Waals surface area contributed by atoms with Crippen molar-refractivity contribution in [2.45, 2.75) is 39.5 Å². The van der Waals surface area contributed by atoms with Gasteiger partial charge < -0.3 is 20.1 Å². The number of nitrogens with zero attached hydrogens (tertiary/aromatic N) is 1. The van der Waals surface area contributed by atoms with Crippen molar-refractivity contribution in [1.29, 1.82) is 0 Å². The normalized spacial score (nSPS) is 14.5. The van der Waals surface area contributed by atoms with Crippen molar-refractivity contribution < 1.29 is 13.9 Å². The van der Waals surface area contributed by atoms with Crippen LogP contribution in [-0.4, -0.2) is 25.3 Å². The number of benzene rings is 1. The molecule has 0 aromatic heterocycles. The van der Waals surface area contributed by atoms with Crippen LogP contribution in [0.2, 0.25) is 0 Å². The van der Waals surface area contributed by atoms with E-state index >= 15 is 0 Å². The molecule has 0 unspecified atom stereocenters. The first-order valence-electron chi connectivity index (χ1n) is 6.90. The second-order valence-electron chi connectivity index (χ2n) is 5.96. The molecule has 2 rings (SSSR count). The molecule has 1 aromatic rings. The smallest absolute Gasteiger partial charge is 0.191 e. The molecule has 1 aliphatic heterocycles. The van der Waals surface area contributed by atoms with Crippen molar-refractivity contribution in [2.75, 3.05) is 13.8 Å². The first-order chi connectivity index (χ1) is 9.89. The van der Waals surface area contributed by atoms with Gasteiger partial charge in [0, 0.05) is 30.3 Å². The van der Waals surface area contributed by atoms with Crippen LogP contribution in [-0.2, 0) is 17.9 Å². The van der Waals surface area contributed by atoms with Crippen LogP contribution in [0, 0.1) is 5.82 Å². The summed E-state index contributed by atoms with van der Waals surface area (Å²) in [6, 6.07) is 2.92. The van der Waals surface area contributed by atoms with E-state index in [1.54, 1.807) is 7.05 Å². The molecule has 22 heavy (non-hydrogen) atoms. The molecule has 0 saturated heterocycles. The predicted octanol–water partition coefficient (Wildman–Crippen LogP) is 2.77. The lowest BCUT2D eigenvalue weighted by molar-refractivity contribution is -0.0172. The number of halogens is 2. The van der Waals surface area contributed by atoms with Crippen LogP contribution >= 0.6 is 24.0 Å². The monoisotopic (exact) mass is 423 g/mol. The first-order valence-corrected chi connectivity index (χ1v) is 6.90. The Labute approximate surface area is 147 Å². The van der Waals surface area contributed by atoms with Crippen molar-refractivity contribution in [2.24, 2.45) is 4.99 Å². The van der Waals surface area contributed by atoms with Crippen LogP contribution in [0.4, 0.5) is 4.39 Å². The molecule has 0 bridgehead atoms. The number of guanidine groups is 1. The third kappa shape index (κ3) is 5.28. The average Bonchev–Trinajstić information content (AvgIpc) is 2.41. The molecular weight excluding hydrogens is 400 g/mol. The van der Waals surface area contributed by atoms with Gasteiger partial charge in [0.05, 0.1) is 6.61 Å². The quantitative estimate of drug-likeness (QED) is 0.437. The van der Waals surface area contributed by atoms with E-state index in [4.69, 9.17) is 9.47 Å². The Morgan fingerprint density at radius 2 is 2.09 bits per heavy atom. The Morgan fingerprint density at radius 3 is 2.73 bits per heavy atom. The predicted molar refractivity (Wildman–Crippen MR) is 95.2 cm³/mol. The van der Waals surface area contributed by atoms with Crippen molar-refractivity contribution in [3.05, 3.63) is 29.1 Å². The van der Waals surface area contributed by atoms with Gasteiger partial charge in [-0.3, -0.25) is 4.99 Å². The molecule has 0 atom stereocenters. The summed E-state index contributed by atoms with van der Waals surface area (Å²) >= 11 is 0. The van der Waals surface area contributed by atoms with E-state index in [0.29, 0.717) is 24.9 Å². The van der Waals surface area contributed by atoms with Crippen LogP contribution in [0.25, 0.3) is 0 Å². The van der Waals surface area contributed by atoms with Crippen molar-refractivity contribution in [3.63, 3.8) is 0 Å². The standard InChI is InChI=1S/C15H22FN3O2.HI/c1-15(2,3)19-14(17-4)18-7-10-5-12(16)6-11-8-20-9-21-13(10)11;/h5-6H,7-9H2,1-4H3,(H2,17,18,19);1H. The summed E-state index contributed by atoms with van der Waals surface area (Å²) in [5, 5.41) is 6.42. The molecule has 1 aliphatic rings. The molecule has 0 aliphatic carbocycles. The van der Waals surface area contributed by atoms with E-state index in [2.05, 4.69) is 15.6 Å². The van der Waals surface area contributed by atoms with E-state index in [9.17, 15) is 4.39 Å². The molecule has 0 spiro atoms. The van der Waals surface area contributed by atoms with Gasteiger partial charge in [-0.1, -0.05) is 0 Å². The first kappa shape index (κ1) is 19.0. The zero-order valence-corrected chi connectivity index (χ0v) is 15.7. The van der Waals surface area contributed by atoms with Crippen molar-refractivity contribution >= 4 is 29.9 Å². The second-order valence-corrected chi connectivity index (χ2v) is 5.96. The number of fused-ring (bicyclic) bond motifs is 1. The highest BCUT2D eigenvalue weighted by molar-refractivity contribution is 14.0. The molecule has 1 heterocycles. The van der Waals surface area contributed by atoms with Crippen LogP contribution < -0.4 is 15.4 Å². The fourth-order valence-electron chi connectivity index (χ4n) is 2.10. The number of ether oxygens (including phenoxy) is 2. The molecular formula is C15H23FIN3O2. The number of nitrogens with one attached hydrogen (secondary N) is 2. The number of hydrogen-bond donors (Lipinski definition) is 2. The Bertz CT molecular complexity index is 544. The molecule has 0 amide bonds. The Balaban J connectivity index is 0.00000242. The van der Waals surface area contributed by atoms with E-state index in [-0.39, 0.29) is 42.1 Å². The van der Waals surface area contributed by atoms with Gasteiger partial charge in [0.15, 0.2) is 12.8 Å². The van der Waals surface area contributed by atoms with Gasteiger partial charge in [-0.25, -0.2) is 4.39 Å². The molecule has 2 N–H and O–H groups in total. The third-order valence-corrected chi connectivity index (χ3v) is 2.91. The van der Waals surface area contributed by atoms with Crippen LogP contribution in [0.5, 0.6) is 5.75 Å². The Morgan fingerprint density at radius 1 is 1.36 bits per heavy atom. The fraction of sp³-hybridized carbons (Fsp3) is 0.533. The largest absolute Gasteiger partial charge is 0.467 e. The van der Waals surface area contributed by atoms with Gasteiger partial charge in [0.25, 0.3) is 0 Å². The molecule has 7 heteroatoms. The topological polar surface area (TPSA) is 54.9 Å². The minimum Gasteiger partial charge on any atom is -0.467 e. The maximum atomic E-state index is 13.6. The highest BCUT2D eigenvalue weighted by Gasteiger charge is 2.18. The van der Waals surface area contributed by atoms with Crippen LogP contribution in [0.3, 0.4) is 0 Å². The van der Waals surface area contributed by atoms with E-state index < -0.39 is 0 Å². The van der Waals surface area contributed by atoms with Gasteiger partial charge in [-0.2, -0.15) is 0 Å². The lowest BCUT2D eigenvalue weighted by atomic mass is 10.1. The van der Waals surface area contributed by atoms with Gasteiger partial charge in [-0.15, -0.1) is 24.0 Å². The molecule has 0 fully saturated rings. The van der Waals surface area contributed by atoms with Gasteiger partial charge in [0.2, 0.25) is 0 Å². The molecule has 124 valence electrons. The minimum atomic E-state index is -0.293. The second kappa shape index (κ2) is 7.96. The van der Waals surface area contributed by atoms with Gasteiger partial charge in [0.1, 0.15) is 11.6 Å². The summed E-state index contributed by atoms with van der Waals surface area (Å²) in [6.07, 6.45) is 0. The van der Waals surface area contributed by atoms with E-state index in [1.165, 1.54) is 12.1 Å². The molecule has 0 saturated carbocycles. The molecule has 1 aromatic carbocycles. The summed E-state index contributed by atoms with van der Waals surface area (Å²) < 4.78 is 24.3. The highest BCUT2D eigenvalue weighted by atomic mass is 127. The summed E-state index contributed by atoms with van der Waals surface area (Å²) in [5.41, 5.74) is 1.38. The van der Waals surface area contributed by atoms with E-state index in [1.807, 2.05) is 20.8 Å². The molecule has 0 radical (unpaired) electrons. The lowest BCUT2D eigenvalue weighted by Crippen LogP contribution is -2.47. The van der Waals surface area contributed by atoms with Crippen LogP contribution in [0.1, 0.15) is 31.9 Å². The average molecular weight is 423 g/mol. The van der Waals surface area contributed by atoms with Crippen LogP contribution in [0.15, 0.2) is 17.1 Å². The van der Waals surface area contributed by atoms with Gasteiger partial charge in [-0.05, 0) is 32.9 Å².